The molecule has 2 rings (SSSR count). The van der Waals surface area contributed by atoms with E-state index in [0.29, 0.717) is 16.4 Å². The molecule has 0 unspecified atom stereocenters. The van der Waals surface area contributed by atoms with Crippen LogP contribution in [0.5, 0.6) is 0 Å². The summed E-state index contributed by atoms with van der Waals surface area (Å²) in [6.45, 7) is 0.703. The maximum atomic E-state index is 12.0. The molecule has 0 spiro atoms. The third-order valence-corrected chi connectivity index (χ3v) is 3.80. The van der Waals surface area contributed by atoms with E-state index >= 15 is 0 Å². The maximum Gasteiger partial charge on any atom is 0.267 e. The molecule has 0 aliphatic heterocycles. The number of anilines is 1. The van der Waals surface area contributed by atoms with Gasteiger partial charge in [-0.05, 0) is 30.1 Å². The molecule has 2 aromatic rings. The monoisotopic (exact) mass is 280 g/mol. The second-order valence-electron chi connectivity index (χ2n) is 3.74. The van der Waals surface area contributed by atoms with E-state index in [1.165, 1.54) is 11.3 Å². The molecule has 94 valence electrons. The molecule has 1 aromatic heterocycles. The Kier molecular flexibility index (Phi) is 4.36. The SMILES string of the molecule is CNCc1ccccc1NC(=O)c1sccc1Cl. The van der Waals surface area contributed by atoms with Crippen LogP contribution in [0, 0.1) is 0 Å². The summed E-state index contributed by atoms with van der Waals surface area (Å²) < 4.78 is 0. The van der Waals surface area contributed by atoms with Gasteiger partial charge in [-0.25, -0.2) is 0 Å². The summed E-state index contributed by atoms with van der Waals surface area (Å²) in [5, 5.41) is 8.25. The van der Waals surface area contributed by atoms with Crippen LogP contribution in [0.25, 0.3) is 0 Å². The van der Waals surface area contributed by atoms with Crippen molar-refractivity contribution in [3.8, 4) is 0 Å². The van der Waals surface area contributed by atoms with Crippen molar-refractivity contribution in [3.05, 3.63) is 51.2 Å². The number of rotatable bonds is 4. The van der Waals surface area contributed by atoms with Crippen LogP contribution in [0.3, 0.4) is 0 Å². The molecule has 3 nitrogen and oxygen atoms in total. The first-order chi connectivity index (χ1) is 8.72. The first kappa shape index (κ1) is 13.1. The molecule has 0 atom stereocenters. The summed E-state index contributed by atoms with van der Waals surface area (Å²) in [5.74, 6) is -0.168. The number of para-hydroxylation sites is 1. The smallest absolute Gasteiger partial charge is 0.267 e. The first-order valence-corrected chi connectivity index (χ1v) is 6.75. The number of nitrogens with one attached hydrogen (secondary N) is 2. The molecular formula is C13H13ClN2OS. The van der Waals surface area contributed by atoms with Crippen LogP contribution in [0.1, 0.15) is 15.2 Å². The van der Waals surface area contributed by atoms with Crippen molar-refractivity contribution in [2.45, 2.75) is 6.54 Å². The number of carbonyl (C=O) groups excluding carboxylic acids is 1. The van der Waals surface area contributed by atoms with E-state index in [-0.39, 0.29) is 5.91 Å². The molecule has 5 heteroatoms. The van der Waals surface area contributed by atoms with Crippen molar-refractivity contribution in [2.24, 2.45) is 0 Å². The summed E-state index contributed by atoms with van der Waals surface area (Å²) in [6, 6.07) is 9.42. The van der Waals surface area contributed by atoms with Crippen molar-refractivity contribution in [2.75, 3.05) is 12.4 Å². The Morgan fingerprint density at radius 1 is 1.33 bits per heavy atom. The minimum absolute atomic E-state index is 0.168. The van der Waals surface area contributed by atoms with Crippen molar-refractivity contribution in [3.63, 3.8) is 0 Å². The average Bonchev–Trinajstić information content (AvgIpc) is 2.78. The van der Waals surface area contributed by atoms with Gasteiger partial charge in [-0.15, -0.1) is 11.3 Å². The van der Waals surface area contributed by atoms with E-state index in [9.17, 15) is 4.79 Å². The quantitative estimate of drug-likeness (QED) is 0.901. The number of hydrogen-bond donors (Lipinski definition) is 2. The summed E-state index contributed by atoms with van der Waals surface area (Å²) in [7, 11) is 1.87. The summed E-state index contributed by atoms with van der Waals surface area (Å²) in [6.07, 6.45) is 0. The van der Waals surface area contributed by atoms with E-state index in [1.54, 1.807) is 11.4 Å². The minimum Gasteiger partial charge on any atom is -0.321 e. The van der Waals surface area contributed by atoms with Gasteiger partial charge in [0, 0.05) is 12.2 Å². The lowest BCUT2D eigenvalue weighted by atomic mass is 10.1. The van der Waals surface area contributed by atoms with Crippen molar-refractivity contribution >= 4 is 34.5 Å². The predicted octanol–water partition coefficient (Wildman–Crippen LogP) is 3.37. The normalized spacial score (nSPS) is 10.3. The second-order valence-corrected chi connectivity index (χ2v) is 5.06. The van der Waals surface area contributed by atoms with E-state index in [0.717, 1.165) is 11.3 Å². The standard InChI is InChI=1S/C13H13ClN2OS/c1-15-8-9-4-2-3-5-11(9)16-13(17)12-10(14)6-7-18-12/h2-7,15H,8H2,1H3,(H,16,17). The molecule has 0 radical (unpaired) electrons. The van der Waals surface area contributed by atoms with Crippen LogP contribution in [0.15, 0.2) is 35.7 Å². The summed E-state index contributed by atoms with van der Waals surface area (Å²) >= 11 is 7.28. The molecule has 1 aromatic carbocycles. The zero-order chi connectivity index (χ0) is 13.0. The molecule has 1 heterocycles. The molecule has 0 saturated carbocycles. The molecule has 0 saturated heterocycles. The van der Waals surface area contributed by atoms with Crippen LogP contribution >= 0.6 is 22.9 Å². The predicted molar refractivity (Wildman–Crippen MR) is 76.5 cm³/mol. The van der Waals surface area contributed by atoms with Gasteiger partial charge in [0.1, 0.15) is 4.88 Å². The average molecular weight is 281 g/mol. The van der Waals surface area contributed by atoms with Crippen molar-refractivity contribution < 1.29 is 4.79 Å². The Hall–Kier alpha value is -1.36. The summed E-state index contributed by atoms with van der Waals surface area (Å²) in [4.78, 5) is 12.6. The third kappa shape index (κ3) is 2.90. The molecule has 18 heavy (non-hydrogen) atoms. The summed E-state index contributed by atoms with van der Waals surface area (Å²) in [5.41, 5.74) is 1.85. The Morgan fingerprint density at radius 2 is 2.11 bits per heavy atom. The van der Waals surface area contributed by atoms with Gasteiger partial charge in [-0.3, -0.25) is 4.79 Å². The fraction of sp³-hybridized carbons (Fsp3) is 0.154. The lowest BCUT2D eigenvalue weighted by Crippen LogP contribution is -2.14. The highest BCUT2D eigenvalue weighted by Gasteiger charge is 2.13. The largest absolute Gasteiger partial charge is 0.321 e. The number of amides is 1. The van der Waals surface area contributed by atoms with Crippen molar-refractivity contribution in [1.82, 2.24) is 5.32 Å². The highest BCUT2D eigenvalue weighted by atomic mass is 35.5. The molecular weight excluding hydrogens is 268 g/mol. The maximum absolute atomic E-state index is 12.0. The van der Waals surface area contributed by atoms with E-state index in [4.69, 9.17) is 11.6 Å². The first-order valence-electron chi connectivity index (χ1n) is 5.49. The van der Waals surface area contributed by atoms with Crippen molar-refractivity contribution in [1.29, 1.82) is 0 Å². The van der Waals surface area contributed by atoms with Gasteiger partial charge in [0.15, 0.2) is 0 Å². The third-order valence-electron chi connectivity index (χ3n) is 2.46. The molecule has 1 amide bonds. The Labute approximate surface area is 115 Å². The lowest BCUT2D eigenvalue weighted by molar-refractivity contribution is 0.103. The minimum atomic E-state index is -0.168. The van der Waals surface area contributed by atoms with Crippen LogP contribution in [0.2, 0.25) is 5.02 Å². The van der Waals surface area contributed by atoms with Gasteiger partial charge < -0.3 is 10.6 Å². The number of halogens is 1. The zero-order valence-corrected chi connectivity index (χ0v) is 11.4. The van der Waals surface area contributed by atoms with Gasteiger partial charge in [0.2, 0.25) is 0 Å². The fourth-order valence-electron chi connectivity index (χ4n) is 1.62. The molecule has 2 N–H and O–H groups in total. The number of benzene rings is 1. The number of thiophene rings is 1. The fourth-order valence-corrected chi connectivity index (χ4v) is 2.66. The van der Waals surface area contributed by atoms with E-state index < -0.39 is 0 Å². The van der Waals surface area contributed by atoms with Gasteiger partial charge >= 0.3 is 0 Å². The van der Waals surface area contributed by atoms with Crippen LogP contribution in [-0.2, 0) is 6.54 Å². The Bertz CT molecular complexity index is 553. The van der Waals surface area contributed by atoms with Crippen LogP contribution in [0.4, 0.5) is 5.69 Å². The topological polar surface area (TPSA) is 41.1 Å². The molecule has 0 bridgehead atoms. The Morgan fingerprint density at radius 3 is 2.78 bits per heavy atom. The Balaban J connectivity index is 2.19. The van der Waals surface area contributed by atoms with Gasteiger partial charge in [0.05, 0.1) is 5.02 Å². The van der Waals surface area contributed by atoms with Crippen LogP contribution < -0.4 is 10.6 Å². The molecule has 0 aliphatic rings. The zero-order valence-electron chi connectivity index (χ0n) is 9.87. The van der Waals surface area contributed by atoms with Gasteiger partial charge in [0.25, 0.3) is 5.91 Å². The highest BCUT2D eigenvalue weighted by molar-refractivity contribution is 7.12. The van der Waals surface area contributed by atoms with E-state index in [1.807, 2.05) is 31.3 Å². The van der Waals surface area contributed by atoms with Crippen LogP contribution in [-0.4, -0.2) is 13.0 Å². The van der Waals surface area contributed by atoms with E-state index in [2.05, 4.69) is 10.6 Å². The highest BCUT2D eigenvalue weighted by Crippen LogP contribution is 2.24. The van der Waals surface area contributed by atoms with Gasteiger partial charge in [-0.1, -0.05) is 29.8 Å². The number of carbonyl (C=O) groups is 1. The number of hydrogen-bond acceptors (Lipinski definition) is 3. The molecule has 0 aliphatic carbocycles. The van der Waals surface area contributed by atoms with Gasteiger partial charge in [-0.2, -0.15) is 0 Å². The second kappa shape index (κ2) is 6.00. The molecule has 0 fully saturated rings. The lowest BCUT2D eigenvalue weighted by Gasteiger charge is -2.10.